The van der Waals surface area contributed by atoms with Gasteiger partial charge in [-0.1, -0.05) is 44.2 Å². The number of thioether (sulfide) groups is 1. The summed E-state index contributed by atoms with van der Waals surface area (Å²) < 4.78 is 0. The number of carbonyl (C=O) groups is 14. The second kappa shape index (κ2) is 45.5. The van der Waals surface area contributed by atoms with E-state index in [0.29, 0.717) is 49.1 Å². The number of guanidine groups is 2. The number of hydrogen-bond donors (Lipinski definition) is 18. The van der Waals surface area contributed by atoms with Crippen LogP contribution in [0.1, 0.15) is 141 Å². The molecule has 4 heterocycles. The number of primary amides is 1. The molecule has 3 saturated heterocycles. The van der Waals surface area contributed by atoms with E-state index in [4.69, 9.17) is 40.1 Å². The number of hydrogen-bond acceptors (Lipinski definition) is 20. The van der Waals surface area contributed by atoms with Crippen molar-refractivity contribution in [3.05, 3.63) is 54.1 Å². The molecule has 0 spiro atoms. The molecule has 1 aromatic heterocycles. The van der Waals surface area contributed by atoms with Crippen LogP contribution in [0.4, 0.5) is 0 Å². The molecule has 2 aromatic rings. The van der Waals surface area contributed by atoms with Crippen LogP contribution in [0, 0.1) is 5.92 Å². The predicted molar refractivity (Wildman–Crippen MR) is 400 cm³/mol. The third-order valence-corrected chi connectivity index (χ3v) is 19.2. The van der Waals surface area contributed by atoms with Crippen molar-refractivity contribution in [2.45, 2.75) is 215 Å². The van der Waals surface area contributed by atoms with Crippen LogP contribution in [-0.4, -0.2) is 255 Å². The maximum atomic E-state index is 14.5. The van der Waals surface area contributed by atoms with Crippen molar-refractivity contribution in [2.75, 3.05) is 57.8 Å². The van der Waals surface area contributed by atoms with Gasteiger partial charge in [0.05, 0.1) is 18.9 Å². The van der Waals surface area contributed by atoms with Crippen LogP contribution in [0.5, 0.6) is 0 Å². The van der Waals surface area contributed by atoms with Crippen molar-refractivity contribution in [1.82, 2.24) is 72.5 Å². The van der Waals surface area contributed by atoms with Gasteiger partial charge in [0.1, 0.15) is 66.5 Å². The lowest BCUT2D eigenvalue weighted by Gasteiger charge is -2.31. The molecular weight excluding hydrogens is 1420 g/mol. The van der Waals surface area contributed by atoms with E-state index in [9.17, 15) is 72.2 Å². The molecule has 13 amide bonds. The summed E-state index contributed by atoms with van der Waals surface area (Å²) in [7, 11) is 0. The molecule has 1 aromatic carbocycles. The number of aromatic amines is 1. The van der Waals surface area contributed by atoms with Gasteiger partial charge in [0, 0.05) is 63.9 Å². The minimum absolute atomic E-state index is 0.0140. The Labute approximate surface area is 631 Å². The first-order chi connectivity index (χ1) is 51.4. The normalized spacial score (nSPS) is 17.9. The van der Waals surface area contributed by atoms with E-state index in [-0.39, 0.29) is 147 Å². The van der Waals surface area contributed by atoms with Crippen molar-refractivity contribution < 1.29 is 72.2 Å². The number of carboxylic acid groups (broad SMARTS) is 1. The number of carbonyl (C=O) groups excluding carboxylic acids is 13. The Bertz CT molecular complexity index is 3430. The van der Waals surface area contributed by atoms with Gasteiger partial charge in [0.2, 0.25) is 76.8 Å². The Kier molecular flexibility index (Phi) is 37.2. The van der Waals surface area contributed by atoms with E-state index in [1.165, 1.54) is 45.9 Å². The predicted octanol–water partition coefficient (Wildman–Crippen LogP) is -5.10. The van der Waals surface area contributed by atoms with Gasteiger partial charge < -0.3 is 113 Å². The second-order valence-electron chi connectivity index (χ2n) is 27.5. The van der Waals surface area contributed by atoms with Crippen LogP contribution in [0.25, 0.3) is 0 Å². The first-order valence-electron chi connectivity index (χ1n) is 36.6. The number of rotatable bonds is 46. The van der Waals surface area contributed by atoms with Gasteiger partial charge in [-0.2, -0.15) is 11.8 Å². The van der Waals surface area contributed by atoms with Gasteiger partial charge in [-0.25, -0.2) is 9.78 Å². The van der Waals surface area contributed by atoms with E-state index in [0.717, 1.165) is 0 Å². The number of amides is 13. The number of nitrogens with one attached hydrogen (secondary N) is 10. The largest absolute Gasteiger partial charge is 0.480 e. The molecule has 3 aliphatic heterocycles. The average molecular weight is 1530 g/mol. The summed E-state index contributed by atoms with van der Waals surface area (Å²) in [6.07, 6.45) is 7.26. The number of nitrogens with two attached hydrogens (primary N) is 7. The molecule has 0 radical (unpaired) electrons. The smallest absolute Gasteiger partial charge is 0.326 e. The number of benzene rings is 1. The topological polar surface area (TPSA) is 613 Å². The van der Waals surface area contributed by atoms with E-state index in [1.54, 1.807) is 44.2 Å². The standard InChI is InChI=1S/C69H111N23O15S/c1-39(2)33-48(88-59(98)45(18-10-27-78-68(73)74)84-63(102)52-21-13-30-91(52)65(104)46(19-11-28-79-69(75)76)85-57(96)43(71)23-24-54(72)93)60(99)82-40(3)56(95)87-49(35-42-36-77-38-81-42)61(100)83-44(17-8-9-26-70)58(97)80-37-55(94)90-29-12-20-51(90)62(101)86-47(25-32-108-4)66(105)92-31-14-22-53(92)64(103)89-50(67(106)107)34-41-15-6-5-7-16-41/h5-7,15-16,36,38-40,43-53H,8-14,17-35,37,70-71H2,1-4H3,(H2,72,93)(H,77,81)(H,80,97)(H,82,99)(H,83,100)(H,84,102)(H,85,96)(H,86,101)(H,87,95)(H,88,98)(H,89,103)(H,106,107)(H4,73,74,78)(H4,75,76,79)/t40-,43-,44-,45-,46-,47-,48-,49-,50-,51-,52-,53-/m0/s1. The Morgan fingerprint density at radius 3 is 1.59 bits per heavy atom. The highest BCUT2D eigenvalue weighted by molar-refractivity contribution is 7.98. The monoisotopic (exact) mass is 1530 g/mol. The fourth-order valence-corrected chi connectivity index (χ4v) is 13.3. The molecule has 108 heavy (non-hydrogen) atoms. The van der Waals surface area contributed by atoms with Crippen LogP contribution in [0.3, 0.4) is 0 Å². The number of imidazole rings is 1. The lowest BCUT2D eigenvalue weighted by Crippen LogP contribution is -2.60. The number of carboxylic acids is 1. The highest BCUT2D eigenvalue weighted by atomic mass is 32.2. The van der Waals surface area contributed by atoms with Crippen molar-refractivity contribution >= 4 is 106 Å². The minimum Gasteiger partial charge on any atom is -0.480 e. The third kappa shape index (κ3) is 29.2. The molecule has 25 N–H and O–H groups in total. The molecule has 0 bridgehead atoms. The summed E-state index contributed by atoms with van der Waals surface area (Å²) in [5.41, 5.74) is 40.3. The zero-order chi connectivity index (χ0) is 79.6. The second-order valence-corrected chi connectivity index (χ2v) is 28.5. The Morgan fingerprint density at radius 2 is 1.06 bits per heavy atom. The van der Waals surface area contributed by atoms with Crippen LogP contribution in [0.15, 0.2) is 52.8 Å². The Balaban J connectivity index is 1.25. The lowest BCUT2D eigenvalue weighted by molar-refractivity contribution is -0.145. The molecule has 3 aliphatic rings. The fourth-order valence-electron chi connectivity index (χ4n) is 12.8. The number of aliphatic imine (C=N–C) groups is 2. The van der Waals surface area contributed by atoms with Gasteiger partial charge in [-0.15, -0.1) is 0 Å². The number of aromatic nitrogens is 2. The summed E-state index contributed by atoms with van der Waals surface area (Å²) in [6.45, 7) is 5.05. The summed E-state index contributed by atoms with van der Waals surface area (Å²) >= 11 is 1.43. The van der Waals surface area contributed by atoms with Crippen LogP contribution < -0.4 is 88.0 Å². The Morgan fingerprint density at radius 1 is 0.565 bits per heavy atom. The van der Waals surface area contributed by atoms with E-state index >= 15 is 0 Å². The highest BCUT2D eigenvalue weighted by Crippen LogP contribution is 2.24. The molecule has 38 nitrogen and oxygen atoms in total. The fraction of sp³-hybridized carbons (Fsp3) is 0.638. The average Bonchev–Trinajstić information content (AvgIpc) is 1.64. The maximum absolute atomic E-state index is 14.5. The van der Waals surface area contributed by atoms with Gasteiger partial charge in [-0.3, -0.25) is 72.3 Å². The number of unbranched alkanes of at least 4 members (excludes halogenated alkanes) is 1. The molecule has 598 valence electrons. The SMILES string of the molecule is CSCC[C@H](NC(=O)[C@@H]1CCCN1C(=O)CNC(=O)[C@H](CCCCN)NC(=O)[C@H](Cc1cnc[nH]1)NC(=O)[C@H](C)NC(=O)[C@H](CC(C)C)NC(=O)[C@H](CCCN=C(N)N)NC(=O)[C@@H]1CCCN1C(=O)[C@H](CCCN=C(N)N)NC(=O)[C@@H](N)CCC(N)=O)C(=O)N1CCC[C@H]1C(=O)N[C@@H](Cc1ccccc1)C(=O)O. The maximum Gasteiger partial charge on any atom is 0.326 e. The summed E-state index contributed by atoms with van der Waals surface area (Å²) in [6, 6.07) is -6.01. The van der Waals surface area contributed by atoms with Crippen molar-refractivity contribution in [2.24, 2.45) is 56.0 Å². The van der Waals surface area contributed by atoms with Gasteiger partial charge in [0.25, 0.3) is 0 Å². The molecule has 39 heteroatoms. The van der Waals surface area contributed by atoms with E-state index < -0.39 is 162 Å². The molecule has 3 fully saturated rings. The zero-order valence-electron chi connectivity index (χ0n) is 61.9. The molecular formula is C69H111N23O15S. The lowest BCUT2D eigenvalue weighted by atomic mass is 10.0. The molecule has 0 saturated carbocycles. The van der Waals surface area contributed by atoms with Crippen molar-refractivity contribution in [3.8, 4) is 0 Å². The number of aliphatic carboxylic acids is 1. The van der Waals surface area contributed by atoms with Gasteiger partial charge >= 0.3 is 5.97 Å². The third-order valence-electron chi connectivity index (χ3n) is 18.5. The summed E-state index contributed by atoms with van der Waals surface area (Å²) in [4.78, 5) is 212. The minimum atomic E-state index is -1.43. The zero-order valence-corrected chi connectivity index (χ0v) is 62.8. The van der Waals surface area contributed by atoms with Crippen LogP contribution in [0.2, 0.25) is 0 Å². The number of nitrogens with zero attached hydrogens (tertiary/aromatic N) is 6. The quantitative estimate of drug-likeness (QED) is 0.0167. The number of H-pyrrole nitrogens is 1. The molecule has 12 atom stereocenters. The van der Waals surface area contributed by atoms with E-state index in [2.05, 4.69) is 67.8 Å². The first kappa shape index (κ1) is 88.4. The molecule has 5 rings (SSSR count). The van der Waals surface area contributed by atoms with Crippen molar-refractivity contribution in [1.29, 1.82) is 0 Å². The molecule has 0 unspecified atom stereocenters. The first-order valence-corrected chi connectivity index (χ1v) is 38.0. The van der Waals surface area contributed by atoms with Gasteiger partial charge in [0.15, 0.2) is 11.9 Å². The Hall–Kier alpha value is -10.2. The van der Waals surface area contributed by atoms with E-state index in [1.807, 2.05) is 6.26 Å². The molecule has 0 aliphatic carbocycles. The number of likely N-dealkylation sites (tertiary alicyclic amines) is 3. The van der Waals surface area contributed by atoms with Crippen LogP contribution >= 0.6 is 11.8 Å². The van der Waals surface area contributed by atoms with Crippen molar-refractivity contribution in [3.63, 3.8) is 0 Å². The summed E-state index contributed by atoms with van der Waals surface area (Å²) in [5, 5.41) is 34.1. The highest BCUT2D eigenvalue weighted by Gasteiger charge is 2.43. The van der Waals surface area contributed by atoms with Gasteiger partial charge in [-0.05, 0) is 140 Å². The van der Waals surface area contributed by atoms with Crippen LogP contribution in [-0.2, 0) is 80.0 Å². The summed E-state index contributed by atoms with van der Waals surface area (Å²) in [5.74, 6) is -10.9.